The molecule has 0 saturated carbocycles. The van der Waals surface area contributed by atoms with E-state index in [1.165, 1.54) is 0 Å². The minimum atomic E-state index is -0.0611. The highest BCUT2D eigenvalue weighted by Crippen LogP contribution is 2.29. The number of hydrogen-bond donors (Lipinski definition) is 1. The van der Waals surface area contributed by atoms with Crippen molar-refractivity contribution in [3.8, 4) is 0 Å². The van der Waals surface area contributed by atoms with E-state index in [1.807, 2.05) is 0 Å². The van der Waals surface area contributed by atoms with Gasteiger partial charge >= 0.3 is 0 Å². The van der Waals surface area contributed by atoms with E-state index in [9.17, 15) is 4.79 Å². The minimum Gasteiger partial charge on any atom is -0.348 e. The summed E-state index contributed by atoms with van der Waals surface area (Å²) < 4.78 is 0. The van der Waals surface area contributed by atoms with Crippen molar-refractivity contribution in [2.24, 2.45) is 0 Å². The third-order valence-corrected chi connectivity index (χ3v) is 2.22. The van der Waals surface area contributed by atoms with Crippen LogP contribution >= 0.6 is 11.6 Å². The Balaban J connectivity index is 2.58. The first-order valence-corrected chi connectivity index (χ1v) is 4.51. The molecule has 0 spiro atoms. The minimum absolute atomic E-state index is 0.0611. The topological polar surface area (TPSA) is 58.1 Å². The van der Waals surface area contributed by atoms with Crippen LogP contribution in [0.2, 0.25) is 5.28 Å². The van der Waals surface area contributed by atoms with Crippen LogP contribution in [0.1, 0.15) is 5.69 Å². The van der Waals surface area contributed by atoms with Crippen molar-refractivity contribution in [2.45, 2.75) is 6.92 Å². The fourth-order valence-corrected chi connectivity index (χ4v) is 1.62. The molecule has 0 saturated heterocycles. The van der Waals surface area contributed by atoms with Crippen LogP contribution in [0.4, 0.5) is 11.5 Å². The van der Waals surface area contributed by atoms with E-state index < -0.39 is 0 Å². The smallest absolute Gasteiger partial charge is 0.244 e. The number of aryl methyl sites for hydroxylation is 1. The fourth-order valence-electron chi connectivity index (χ4n) is 1.42. The third kappa shape index (κ3) is 1.39. The molecule has 1 aromatic rings. The lowest BCUT2D eigenvalue weighted by molar-refractivity contribution is -0.115. The molecule has 0 atom stereocenters. The summed E-state index contributed by atoms with van der Waals surface area (Å²) in [5.41, 5.74) is 1.33. The molecule has 0 radical (unpaired) electrons. The molecule has 0 unspecified atom stereocenters. The summed E-state index contributed by atoms with van der Waals surface area (Å²) in [4.78, 5) is 21.0. The molecule has 1 aliphatic heterocycles. The Hall–Kier alpha value is -1.36. The lowest BCUT2D eigenvalue weighted by Gasteiger charge is -2.26. The van der Waals surface area contributed by atoms with Gasteiger partial charge in [-0.15, -0.1) is 0 Å². The van der Waals surface area contributed by atoms with E-state index >= 15 is 0 Å². The number of nitrogens with one attached hydrogen (secondary N) is 1. The fraction of sp³-hybridized carbons (Fsp3) is 0.375. The molecular formula is C8H9ClN4O. The normalized spacial score (nSPS) is 15.1. The van der Waals surface area contributed by atoms with Gasteiger partial charge in [-0.1, -0.05) is 0 Å². The second kappa shape index (κ2) is 3.09. The number of likely N-dealkylation sites (N-methyl/N-ethyl adjacent to an activating group) is 1. The zero-order valence-corrected chi connectivity index (χ0v) is 8.59. The zero-order chi connectivity index (χ0) is 10.3. The quantitative estimate of drug-likeness (QED) is 0.647. The first-order valence-electron chi connectivity index (χ1n) is 4.13. The van der Waals surface area contributed by atoms with Crippen LogP contribution < -0.4 is 10.2 Å². The van der Waals surface area contributed by atoms with Crippen molar-refractivity contribution in [1.29, 1.82) is 0 Å². The first-order chi connectivity index (χ1) is 6.58. The number of fused-ring (bicyclic) bond motifs is 1. The number of carbonyl (C=O) groups is 1. The van der Waals surface area contributed by atoms with Gasteiger partial charge in [0.15, 0.2) is 5.82 Å². The van der Waals surface area contributed by atoms with Crippen LogP contribution in [0.5, 0.6) is 0 Å². The van der Waals surface area contributed by atoms with E-state index in [0.717, 1.165) is 0 Å². The number of anilines is 2. The number of aromatic nitrogens is 2. The van der Waals surface area contributed by atoms with Gasteiger partial charge in [0.2, 0.25) is 11.2 Å². The lowest BCUT2D eigenvalue weighted by Crippen LogP contribution is -2.36. The number of amides is 1. The molecule has 6 heteroatoms. The standard InChI is InChI=1S/C8H9ClN4O/c1-4-6-7(12-8(9)10-4)13(2)3-5(14)11-6/h3H2,1-2H3,(H,11,14). The first kappa shape index (κ1) is 9.21. The molecule has 1 amide bonds. The summed E-state index contributed by atoms with van der Waals surface area (Å²) in [7, 11) is 1.79. The molecule has 0 bridgehead atoms. The molecule has 0 aromatic carbocycles. The Kier molecular flexibility index (Phi) is 2.03. The highest BCUT2D eigenvalue weighted by Gasteiger charge is 2.23. The molecule has 1 aliphatic rings. The number of nitrogens with zero attached hydrogens (tertiary/aromatic N) is 3. The molecule has 74 valence electrons. The van der Waals surface area contributed by atoms with Gasteiger partial charge in [-0.25, -0.2) is 4.98 Å². The van der Waals surface area contributed by atoms with E-state index in [-0.39, 0.29) is 11.2 Å². The van der Waals surface area contributed by atoms with Gasteiger partial charge in [0, 0.05) is 7.05 Å². The Morgan fingerprint density at radius 2 is 2.21 bits per heavy atom. The van der Waals surface area contributed by atoms with Crippen molar-refractivity contribution < 1.29 is 4.79 Å². The maximum atomic E-state index is 11.2. The summed E-state index contributed by atoms with van der Waals surface area (Å²) in [6, 6.07) is 0. The number of halogens is 1. The second-order valence-corrected chi connectivity index (χ2v) is 3.52. The van der Waals surface area contributed by atoms with Crippen molar-refractivity contribution in [3.63, 3.8) is 0 Å². The molecule has 0 aliphatic carbocycles. The van der Waals surface area contributed by atoms with E-state index in [2.05, 4.69) is 15.3 Å². The maximum Gasteiger partial charge on any atom is 0.244 e. The van der Waals surface area contributed by atoms with E-state index in [1.54, 1.807) is 18.9 Å². The highest BCUT2D eigenvalue weighted by molar-refractivity contribution is 6.28. The summed E-state index contributed by atoms with van der Waals surface area (Å²) in [5, 5.41) is 2.92. The zero-order valence-electron chi connectivity index (χ0n) is 7.83. The largest absolute Gasteiger partial charge is 0.348 e. The summed E-state index contributed by atoms with van der Waals surface area (Å²) in [6.45, 7) is 2.08. The van der Waals surface area contributed by atoms with Gasteiger partial charge < -0.3 is 10.2 Å². The van der Waals surface area contributed by atoms with Gasteiger partial charge in [-0.05, 0) is 18.5 Å². The number of rotatable bonds is 0. The van der Waals surface area contributed by atoms with Gasteiger partial charge in [0.25, 0.3) is 0 Å². The molecule has 1 aromatic heterocycles. The van der Waals surface area contributed by atoms with Crippen molar-refractivity contribution in [3.05, 3.63) is 11.0 Å². The molecule has 5 nitrogen and oxygen atoms in total. The maximum absolute atomic E-state index is 11.2. The molecular weight excluding hydrogens is 204 g/mol. The number of carbonyl (C=O) groups excluding carboxylic acids is 1. The van der Waals surface area contributed by atoms with Crippen LogP contribution in [0.15, 0.2) is 0 Å². The van der Waals surface area contributed by atoms with Gasteiger partial charge in [-0.3, -0.25) is 4.79 Å². The summed E-state index contributed by atoms with van der Waals surface area (Å²) in [5.74, 6) is 0.608. The average Bonchev–Trinajstić information content (AvgIpc) is 2.07. The molecule has 2 rings (SSSR count). The monoisotopic (exact) mass is 212 g/mol. The van der Waals surface area contributed by atoms with E-state index in [4.69, 9.17) is 11.6 Å². The molecule has 1 N–H and O–H groups in total. The Labute approximate surface area is 86.1 Å². The van der Waals surface area contributed by atoms with Crippen LogP contribution in [0.3, 0.4) is 0 Å². The third-order valence-electron chi connectivity index (χ3n) is 2.05. The van der Waals surface area contributed by atoms with Crippen LogP contribution in [-0.2, 0) is 4.79 Å². The predicted molar refractivity (Wildman–Crippen MR) is 53.7 cm³/mol. The van der Waals surface area contributed by atoms with Gasteiger partial charge in [0.05, 0.1) is 12.2 Å². The van der Waals surface area contributed by atoms with Crippen LogP contribution in [0, 0.1) is 6.92 Å². The average molecular weight is 213 g/mol. The lowest BCUT2D eigenvalue weighted by atomic mass is 10.2. The van der Waals surface area contributed by atoms with Crippen molar-refractivity contribution in [2.75, 3.05) is 23.8 Å². The Morgan fingerprint density at radius 3 is 2.93 bits per heavy atom. The van der Waals surface area contributed by atoms with Crippen LogP contribution in [0.25, 0.3) is 0 Å². The molecule has 2 heterocycles. The van der Waals surface area contributed by atoms with Gasteiger partial charge in [0.1, 0.15) is 5.69 Å². The predicted octanol–water partition coefficient (Wildman–Crippen LogP) is 0.827. The van der Waals surface area contributed by atoms with Gasteiger partial charge in [-0.2, -0.15) is 4.98 Å². The van der Waals surface area contributed by atoms with E-state index in [0.29, 0.717) is 23.7 Å². The van der Waals surface area contributed by atoms with Crippen LogP contribution in [-0.4, -0.2) is 29.5 Å². The Morgan fingerprint density at radius 1 is 1.50 bits per heavy atom. The Bertz CT molecular complexity index is 407. The summed E-state index contributed by atoms with van der Waals surface area (Å²) in [6.07, 6.45) is 0. The number of hydrogen-bond acceptors (Lipinski definition) is 4. The molecule has 14 heavy (non-hydrogen) atoms. The second-order valence-electron chi connectivity index (χ2n) is 3.18. The SMILES string of the molecule is Cc1nc(Cl)nc2c1NC(=O)CN2C. The molecule has 0 fully saturated rings. The van der Waals surface area contributed by atoms with Crippen molar-refractivity contribution in [1.82, 2.24) is 9.97 Å². The highest BCUT2D eigenvalue weighted by atomic mass is 35.5. The van der Waals surface area contributed by atoms with Crippen molar-refractivity contribution >= 4 is 29.0 Å². The summed E-state index contributed by atoms with van der Waals surface area (Å²) >= 11 is 5.72.